The molecule has 1 unspecified atom stereocenters. The maximum atomic E-state index is 4.76. The summed E-state index contributed by atoms with van der Waals surface area (Å²) in [6.07, 6.45) is 1.02. The van der Waals surface area contributed by atoms with E-state index in [4.69, 9.17) is 4.98 Å². The van der Waals surface area contributed by atoms with Crippen LogP contribution in [0.3, 0.4) is 0 Å². The molecule has 3 nitrogen and oxygen atoms in total. The van der Waals surface area contributed by atoms with Gasteiger partial charge >= 0.3 is 0 Å². The molecule has 2 heterocycles. The highest BCUT2D eigenvalue weighted by atomic mass is 32.2. The molecule has 18 heavy (non-hydrogen) atoms. The van der Waals surface area contributed by atoms with E-state index in [2.05, 4.69) is 30.2 Å². The number of rotatable bonds is 4. The van der Waals surface area contributed by atoms with E-state index in [0.29, 0.717) is 11.2 Å². The molecule has 1 atom stereocenters. The number of nitrogens with one attached hydrogen (secondary N) is 1. The first-order chi connectivity index (χ1) is 8.69. The molecule has 1 fully saturated rings. The molecule has 0 spiro atoms. The summed E-state index contributed by atoms with van der Waals surface area (Å²) in [5.74, 6) is 6.19. The largest absolute Gasteiger partial charge is 0.373 e. The monoisotopic (exact) mass is 283 g/mol. The third-order valence-electron chi connectivity index (χ3n) is 2.77. The van der Waals surface area contributed by atoms with Gasteiger partial charge in [0, 0.05) is 36.1 Å². The Labute approximate surface area is 118 Å². The molecule has 0 amide bonds. The van der Waals surface area contributed by atoms with Crippen LogP contribution in [0.25, 0.3) is 0 Å². The maximum absolute atomic E-state index is 4.76. The van der Waals surface area contributed by atoms with Gasteiger partial charge in [-0.2, -0.15) is 11.8 Å². The normalized spacial score (nSPS) is 20.1. The molecule has 5 heteroatoms. The summed E-state index contributed by atoms with van der Waals surface area (Å²) >= 11 is 4.00. The maximum Gasteiger partial charge on any atom is 0.144 e. The summed E-state index contributed by atoms with van der Waals surface area (Å²) in [6, 6.07) is 2.07. The Kier molecular flexibility index (Phi) is 5.18. The van der Waals surface area contributed by atoms with Crippen molar-refractivity contribution in [2.45, 2.75) is 25.5 Å². The van der Waals surface area contributed by atoms with Crippen LogP contribution >= 0.6 is 23.5 Å². The molecular weight excluding hydrogens is 262 g/mol. The zero-order valence-corrected chi connectivity index (χ0v) is 12.9. The van der Waals surface area contributed by atoms with Gasteiger partial charge in [-0.05, 0) is 12.3 Å². The van der Waals surface area contributed by atoms with Gasteiger partial charge in [-0.3, -0.25) is 0 Å². The topological polar surface area (TPSA) is 37.8 Å². The van der Waals surface area contributed by atoms with Gasteiger partial charge in [0.05, 0.1) is 5.25 Å². The summed E-state index contributed by atoms with van der Waals surface area (Å²) in [5.41, 5.74) is 1.16. The van der Waals surface area contributed by atoms with Crippen molar-refractivity contribution in [3.8, 4) is 0 Å². The Morgan fingerprint density at radius 1 is 1.39 bits per heavy atom. The molecular formula is C13H21N3S2. The van der Waals surface area contributed by atoms with Crippen LogP contribution in [0.5, 0.6) is 0 Å². The van der Waals surface area contributed by atoms with Gasteiger partial charge in [-0.15, -0.1) is 11.8 Å². The predicted octanol–water partition coefficient (Wildman–Crippen LogP) is 3.24. The van der Waals surface area contributed by atoms with Crippen molar-refractivity contribution in [1.29, 1.82) is 0 Å². The first kappa shape index (κ1) is 14.0. The summed E-state index contributed by atoms with van der Waals surface area (Å²) in [6.45, 7) is 4.46. The van der Waals surface area contributed by atoms with E-state index in [9.17, 15) is 0 Å². The average Bonchev–Trinajstić information content (AvgIpc) is 2.38. The molecule has 0 aromatic carbocycles. The lowest BCUT2D eigenvalue weighted by Gasteiger charge is -2.20. The van der Waals surface area contributed by atoms with Crippen LogP contribution in [0.1, 0.15) is 30.6 Å². The van der Waals surface area contributed by atoms with E-state index in [0.717, 1.165) is 29.5 Å². The molecule has 2 rings (SSSR count). The van der Waals surface area contributed by atoms with Crippen LogP contribution in [0.15, 0.2) is 6.07 Å². The predicted molar refractivity (Wildman–Crippen MR) is 82.6 cm³/mol. The first-order valence-corrected chi connectivity index (χ1v) is 8.64. The van der Waals surface area contributed by atoms with Crippen molar-refractivity contribution in [2.24, 2.45) is 5.92 Å². The van der Waals surface area contributed by atoms with Gasteiger partial charge in [-0.25, -0.2) is 9.97 Å². The van der Waals surface area contributed by atoms with Gasteiger partial charge in [-0.1, -0.05) is 13.8 Å². The Morgan fingerprint density at radius 2 is 2.22 bits per heavy atom. The minimum absolute atomic E-state index is 0.461. The van der Waals surface area contributed by atoms with E-state index in [1.54, 1.807) is 0 Å². The van der Waals surface area contributed by atoms with Crippen LogP contribution in [-0.2, 0) is 6.42 Å². The lowest BCUT2D eigenvalue weighted by atomic mass is 10.1. The third-order valence-corrected chi connectivity index (χ3v) is 5.52. The van der Waals surface area contributed by atoms with Crippen molar-refractivity contribution in [1.82, 2.24) is 9.97 Å². The minimum atomic E-state index is 0.461. The minimum Gasteiger partial charge on any atom is -0.373 e. The van der Waals surface area contributed by atoms with Crippen molar-refractivity contribution < 1.29 is 0 Å². The zero-order valence-electron chi connectivity index (χ0n) is 11.3. The fraction of sp³-hybridized carbons (Fsp3) is 0.692. The Hall–Kier alpha value is -0.420. The van der Waals surface area contributed by atoms with E-state index in [-0.39, 0.29) is 0 Å². The molecule has 0 aliphatic carbocycles. The first-order valence-electron chi connectivity index (χ1n) is 6.44. The fourth-order valence-corrected chi connectivity index (χ4v) is 4.55. The summed E-state index contributed by atoms with van der Waals surface area (Å²) in [4.78, 5) is 9.39. The van der Waals surface area contributed by atoms with E-state index in [1.807, 2.05) is 30.6 Å². The van der Waals surface area contributed by atoms with Gasteiger partial charge < -0.3 is 5.32 Å². The van der Waals surface area contributed by atoms with Gasteiger partial charge in [0.2, 0.25) is 0 Å². The van der Waals surface area contributed by atoms with Gasteiger partial charge in [0.1, 0.15) is 11.6 Å². The Bertz CT molecular complexity index is 390. The van der Waals surface area contributed by atoms with Crippen molar-refractivity contribution in [3.05, 3.63) is 17.6 Å². The highest BCUT2D eigenvalue weighted by molar-refractivity contribution is 8.06. The van der Waals surface area contributed by atoms with E-state index < -0.39 is 0 Å². The van der Waals surface area contributed by atoms with Crippen LogP contribution in [-0.4, -0.2) is 34.3 Å². The van der Waals surface area contributed by atoms with Crippen LogP contribution in [0, 0.1) is 5.92 Å². The molecule has 1 aliphatic heterocycles. The lowest BCUT2D eigenvalue weighted by molar-refractivity contribution is 0.630. The smallest absolute Gasteiger partial charge is 0.144 e. The molecule has 1 saturated heterocycles. The second kappa shape index (κ2) is 6.66. The van der Waals surface area contributed by atoms with Gasteiger partial charge in [0.25, 0.3) is 0 Å². The van der Waals surface area contributed by atoms with Crippen LogP contribution in [0.2, 0.25) is 0 Å². The Morgan fingerprint density at radius 3 is 2.83 bits per heavy atom. The molecule has 0 saturated carbocycles. The van der Waals surface area contributed by atoms with Crippen LogP contribution < -0.4 is 5.32 Å². The second-order valence-electron chi connectivity index (χ2n) is 4.89. The Balaban J connectivity index is 2.22. The summed E-state index contributed by atoms with van der Waals surface area (Å²) < 4.78 is 0. The third kappa shape index (κ3) is 3.79. The number of aromatic nitrogens is 2. The summed E-state index contributed by atoms with van der Waals surface area (Å²) in [5, 5.41) is 3.61. The quantitative estimate of drug-likeness (QED) is 0.918. The van der Waals surface area contributed by atoms with Crippen molar-refractivity contribution in [2.75, 3.05) is 29.6 Å². The molecule has 1 N–H and O–H groups in total. The molecule has 0 bridgehead atoms. The average molecular weight is 283 g/mol. The van der Waals surface area contributed by atoms with E-state index >= 15 is 0 Å². The lowest BCUT2D eigenvalue weighted by Crippen LogP contribution is -2.13. The number of thioether (sulfide) groups is 2. The number of hydrogen-bond acceptors (Lipinski definition) is 5. The number of hydrogen-bond donors (Lipinski definition) is 1. The van der Waals surface area contributed by atoms with Crippen LogP contribution in [0.4, 0.5) is 5.82 Å². The SMILES string of the molecule is CNc1cc(CC(C)C)nc(C2CSCCS2)n1. The number of anilines is 1. The fourth-order valence-electron chi connectivity index (χ4n) is 1.95. The second-order valence-corrected chi connectivity index (χ2v) is 7.35. The highest BCUT2D eigenvalue weighted by Gasteiger charge is 2.20. The van der Waals surface area contributed by atoms with E-state index in [1.165, 1.54) is 11.5 Å². The highest BCUT2D eigenvalue weighted by Crippen LogP contribution is 2.35. The number of nitrogens with zero attached hydrogens (tertiary/aromatic N) is 2. The van der Waals surface area contributed by atoms with Gasteiger partial charge in [0.15, 0.2) is 0 Å². The molecule has 0 radical (unpaired) electrons. The molecule has 1 aliphatic rings. The molecule has 1 aromatic heterocycles. The van der Waals surface area contributed by atoms with Crippen molar-refractivity contribution in [3.63, 3.8) is 0 Å². The standard InChI is InChI=1S/C13H21N3S2/c1-9(2)6-10-7-12(14-3)16-13(15-10)11-8-17-4-5-18-11/h7,9,11H,4-6,8H2,1-3H3,(H,14,15,16). The molecule has 100 valence electrons. The van der Waals surface area contributed by atoms with Crippen molar-refractivity contribution >= 4 is 29.3 Å². The molecule has 1 aromatic rings. The summed E-state index contributed by atoms with van der Waals surface area (Å²) in [7, 11) is 1.92. The zero-order chi connectivity index (χ0) is 13.0.